The summed E-state index contributed by atoms with van der Waals surface area (Å²) < 4.78 is 3.44. The number of aromatic nitrogens is 4. The number of carbonyl (C=O) groups is 1. The van der Waals surface area contributed by atoms with Gasteiger partial charge in [-0.3, -0.25) is 14.0 Å². The normalized spacial score (nSPS) is 11.2. The van der Waals surface area contributed by atoms with Gasteiger partial charge in [0.05, 0.1) is 22.3 Å². The summed E-state index contributed by atoms with van der Waals surface area (Å²) in [6, 6.07) is 13.3. The van der Waals surface area contributed by atoms with Crippen molar-refractivity contribution in [2.24, 2.45) is 0 Å². The molecule has 2 aromatic heterocycles. The van der Waals surface area contributed by atoms with E-state index in [4.69, 9.17) is 0 Å². The van der Waals surface area contributed by atoms with Gasteiger partial charge in [-0.2, -0.15) is 0 Å². The van der Waals surface area contributed by atoms with Crippen LogP contribution in [0.3, 0.4) is 0 Å². The van der Waals surface area contributed by atoms with Crippen LogP contribution in [0, 0.1) is 13.8 Å². The Labute approximate surface area is 165 Å². The Morgan fingerprint density at radius 3 is 2.71 bits per heavy atom. The molecule has 4 rings (SSSR count). The quantitative estimate of drug-likeness (QED) is 0.539. The molecule has 0 spiro atoms. The zero-order valence-corrected chi connectivity index (χ0v) is 16.6. The van der Waals surface area contributed by atoms with Crippen molar-refractivity contribution >= 4 is 34.3 Å². The molecule has 2 aromatic carbocycles. The molecule has 0 aliphatic carbocycles. The Morgan fingerprint density at radius 2 is 1.93 bits per heavy atom. The summed E-state index contributed by atoms with van der Waals surface area (Å²) in [4.78, 5) is 25.0. The fourth-order valence-corrected chi connectivity index (χ4v) is 3.96. The third-order valence-electron chi connectivity index (χ3n) is 4.61. The third kappa shape index (κ3) is 2.95. The number of hydrogen-bond acceptors (Lipinski definition) is 5. The van der Waals surface area contributed by atoms with Crippen LogP contribution in [0.5, 0.6) is 0 Å². The van der Waals surface area contributed by atoms with Crippen molar-refractivity contribution < 1.29 is 4.79 Å². The van der Waals surface area contributed by atoms with E-state index in [1.807, 2.05) is 54.6 Å². The molecule has 1 amide bonds. The van der Waals surface area contributed by atoms with Crippen LogP contribution in [0.25, 0.3) is 22.4 Å². The highest BCUT2D eigenvalue weighted by molar-refractivity contribution is 7.99. The maximum Gasteiger partial charge on any atom is 0.267 e. The summed E-state index contributed by atoms with van der Waals surface area (Å²) in [6.45, 7) is 3.95. The first kappa shape index (κ1) is 18.2. The Morgan fingerprint density at radius 1 is 1.14 bits per heavy atom. The van der Waals surface area contributed by atoms with E-state index < -0.39 is 0 Å². The number of rotatable bonds is 4. The van der Waals surface area contributed by atoms with E-state index in [1.54, 1.807) is 17.7 Å². The molecule has 0 bridgehead atoms. The lowest BCUT2D eigenvalue weighted by Gasteiger charge is -2.13. The number of amides is 1. The van der Waals surface area contributed by atoms with Gasteiger partial charge in [0.25, 0.3) is 5.56 Å². The SMILES string of the molecule is CNC(=O)CSc1nnc2n(-c3cc(C)ccc3C)c(=O)c3ccccc3n12. The van der Waals surface area contributed by atoms with Crippen molar-refractivity contribution in [3.63, 3.8) is 0 Å². The minimum atomic E-state index is -0.146. The van der Waals surface area contributed by atoms with Gasteiger partial charge in [0, 0.05) is 7.05 Å². The van der Waals surface area contributed by atoms with E-state index in [9.17, 15) is 9.59 Å². The Bertz CT molecular complexity index is 1280. The number of benzene rings is 2. The highest BCUT2D eigenvalue weighted by atomic mass is 32.2. The summed E-state index contributed by atoms with van der Waals surface area (Å²) in [5.74, 6) is 0.541. The predicted molar refractivity (Wildman–Crippen MR) is 110 cm³/mol. The largest absolute Gasteiger partial charge is 0.358 e. The number of fused-ring (bicyclic) bond motifs is 3. The second-order valence-electron chi connectivity index (χ2n) is 6.53. The second kappa shape index (κ2) is 7.12. The van der Waals surface area contributed by atoms with Crippen molar-refractivity contribution in [2.75, 3.05) is 12.8 Å². The Kier molecular flexibility index (Phi) is 4.64. The third-order valence-corrected chi connectivity index (χ3v) is 5.54. The maximum atomic E-state index is 13.3. The molecule has 2 heterocycles. The highest BCUT2D eigenvalue weighted by Crippen LogP contribution is 2.24. The van der Waals surface area contributed by atoms with Gasteiger partial charge in [-0.1, -0.05) is 36.0 Å². The summed E-state index contributed by atoms with van der Waals surface area (Å²) in [6.07, 6.45) is 0. The smallest absolute Gasteiger partial charge is 0.267 e. The molecule has 0 saturated heterocycles. The fraction of sp³-hybridized carbons (Fsp3) is 0.200. The lowest BCUT2D eigenvalue weighted by Crippen LogP contribution is -2.23. The minimum absolute atomic E-state index is 0.103. The molecule has 0 saturated carbocycles. The van der Waals surface area contributed by atoms with Gasteiger partial charge in [-0.15, -0.1) is 10.2 Å². The molecule has 1 N–H and O–H groups in total. The van der Waals surface area contributed by atoms with Crippen LogP contribution in [0.15, 0.2) is 52.4 Å². The number of thioether (sulfide) groups is 1. The van der Waals surface area contributed by atoms with Crippen molar-refractivity contribution in [3.8, 4) is 5.69 Å². The molecule has 0 aliphatic heterocycles. The molecular weight excluding hydrogens is 374 g/mol. The zero-order chi connectivity index (χ0) is 19.8. The number of aryl methyl sites for hydroxylation is 2. The molecule has 0 unspecified atom stereocenters. The van der Waals surface area contributed by atoms with Crippen LogP contribution in [-0.4, -0.2) is 37.9 Å². The lowest BCUT2D eigenvalue weighted by atomic mass is 10.1. The average molecular weight is 393 g/mol. The molecule has 0 atom stereocenters. The summed E-state index contributed by atoms with van der Waals surface area (Å²) in [5, 5.41) is 12.3. The van der Waals surface area contributed by atoms with Crippen molar-refractivity contribution in [1.82, 2.24) is 24.5 Å². The fourth-order valence-electron chi connectivity index (χ4n) is 3.15. The van der Waals surface area contributed by atoms with E-state index >= 15 is 0 Å². The first-order chi connectivity index (χ1) is 13.5. The molecule has 0 fully saturated rings. The molecule has 28 heavy (non-hydrogen) atoms. The average Bonchev–Trinajstić information content (AvgIpc) is 3.12. The van der Waals surface area contributed by atoms with E-state index in [-0.39, 0.29) is 17.2 Å². The first-order valence-electron chi connectivity index (χ1n) is 8.81. The molecule has 142 valence electrons. The molecule has 7 nitrogen and oxygen atoms in total. The van der Waals surface area contributed by atoms with Gasteiger partial charge in [0.1, 0.15) is 0 Å². The predicted octanol–water partition coefficient (Wildman–Crippen LogP) is 2.49. The van der Waals surface area contributed by atoms with Crippen molar-refractivity contribution in [1.29, 1.82) is 0 Å². The van der Waals surface area contributed by atoms with E-state index in [0.717, 1.165) is 16.8 Å². The van der Waals surface area contributed by atoms with Gasteiger partial charge in [-0.25, -0.2) is 4.57 Å². The van der Waals surface area contributed by atoms with Crippen LogP contribution >= 0.6 is 11.8 Å². The van der Waals surface area contributed by atoms with E-state index in [0.29, 0.717) is 21.8 Å². The van der Waals surface area contributed by atoms with Gasteiger partial charge in [0.2, 0.25) is 11.7 Å². The van der Waals surface area contributed by atoms with E-state index in [2.05, 4.69) is 15.5 Å². The maximum absolute atomic E-state index is 13.3. The second-order valence-corrected chi connectivity index (χ2v) is 7.47. The minimum Gasteiger partial charge on any atom is -0.358 e. The Balaban J connectivity index is 2.06. The van der Waals surface area contributed by atoms with Crippen molar-refractivity contribution in [3.05, 3.63) is 63.9 Å². The van der Waals surface area contributed by atoms with Crippen LogP contribution in [0.1, 0.15) is 11.1 Å². The zero-order valence-electron chi connectivity index (χ0n) is 15.8. The monoisotopic (exact) mass is 393 g/mol. The molecule has 4 aromatic rings. The van der Waals surface area contributed by atoms with Crippen LogP contribution < -0.4 is 10.9 Å². The van der Waals surface area contributed by atoms with Gasteiger partial charge < -0.3 is 5.32 Å². The number of nitrogens with zero attached hydrogens (tertiary/aromatic N) is 4. The Hall–Kier alpha value is -3.13. The lowest BCUT2D eigenvalue weighted by molar-refractivity contribution is -0.118. The summed E-state index contributed by atoms with van der Waals surface area (Å²) in [5.41, 5.74) is 3.36. The molecule has 8 heteroatoms. The summed E-state index contributed by atoms with van der Waals surface area (Å²) >= 11 is 1.28. The number of nitrogens with one attached hydrogen (secondary N) is 1. The molecular formula is C20H19N5O2S. The number of carbonyl (C=O) groups excluding carboxylic acids is 1. The number of hydrogen-bond donors (Lipinski definition) is 1. The first-order valence-corrected chi connectivity index (χ1v) is 9.79. The van der Waals surface area contributed by atoms with Gasteiger partial charge >= 0.3 is 0 Å². The standard InChI is InChI=1S/C20H19N5O2S/c1-12-8-9-13(2)16(10-12)24-18(27)14-6-4-5-7-15(14)25-19(24)22-23-20(25)28-11-17(26)21-3/h4-10H,11H2,1-3H3,(H,21,26). The summed E-state index contributed by atoms with van der Waals surface area (Å²) in [7, 11) is 1.60. The highest BCUT2D eigenvalue weighted by Gasteiger charge is 2.19. The van der Waals surface area contributed by atoms with Crippen LogP contribution in [0.2, 0.25) is 0 Å². The van der Waals surface area contributed by atoms with Crippen molar-refractivity contribution in [2.45, 2.75) is 19.0 Å². The van der Waals surface area contributed by atoms with Gasteiger partial charge in [-0.05, 0) is 43.2 Å². The molecule has 0 radical (unpaired) electrons. The van der Waals surface area contributed by atoms with E-state index in [1.165, 1.54) is 11.8 Å². The van der Waals surface area contributed by atoms with Crippen LogP contribution in [0.4, 0.5) is 0 Å². The van der Waals surface area contributed by atoms with Crippen LogP contribution in [-0.2, 0) is 4.79 Å². The number of para-hydroxylation sites is 1. The molecule has 0 aliphatic rings. The van der Waals surface area contributed by atoms with Gasteiger partial charge in [0.15, 0.2) is 5.16 Å². The topological polar surface area (TPSA) is 81.3 Å².